The zero-order valence-corrected chi connectivity index (χ0v) is 9.54. The van der Waals surface area contributed by atoms with E-state index in [1.807, 2.05) is 6.92 Å². The Hall–Kier alpha value is -0.920. The maximum absolute atomic E-state index is 10.7. The van der Waals surface area contributed by atoms with Crippen LogP contribution in [0, 0.1) is 6.92 Å². The molecule has 0 aliphatic heterocycles. The highest BCUT2D eigenvalue weighted by Crippen LogP contribution is 2.11. The first-order valence-electron chi connectivity index (χ1n) is 4.54. The van der Waals surface area contributed by atoms with Gasteiger partial charge in [0.2, 0.25) is 15.9 Å². The van der Waals surface area contributed by atoms with Gasteiger partial charge in [-0.1, -0.05) is 0 Å². The molecule has 1 aromatic heterocycles. The van der Waals surface area contributed by atoms with Gasteiger partial charge in [-0.15, -0.1) is 0 Å². The molecule has 0 fully saturated rings. The summed E-state index contributed by atoms with van der Waals surface area (Å²) in [7, 11) is -3.41. The van der Waals surface area contributed by atoms with Gasteiger partial charge in [-0.25, -0.2) is 18.5 Å². The molecule has 0 spiro atoms. The van der Waals surface area contributed by atoms with E-state index in [0.29, 0.717) is 5.89 Å². The van der Waals surface area contributed by atoms with Crippen molar-refractivity contribution in [1.82, 2.24) is 10.3 Å². The summed E-state index contributed by atoms with van der Waals surface area (Å²) in [5, 5.41) is 7.81. The average Bonchev–Trinajstić information content (AvgIpc) is 2.49. The minimum absolute atomic E-state index is 0.100. The molecular formula is C8H15N3O3S. The normalized spacial score (nSPS) is 14.1. The summed E-state index contributed by atoms with van der Waals surface area (Å²) in [5.41, 5.74) is 0. The molecule has 0 saturated carbocycles. The Morgan fingerprint density at radius 2 is 2.33 bits per heavy atom. The smallest absolute Gasteiger partial charge is 0.211 e. The average molecular weight is 233 g/mol. The Morgan fingerprint density at radius 1 is 1.67 bits per heavy atom. The third kappa shape index (κ3) is 4.41. The van der Waals surface area contributed by atoms with Crippen molar-refractivity contribution < 1.29 is 12.8 Å². The summed E-state index contributed by atoms with van der Waals surface area (Å²) in [6.07, 6.45) is 1.62. The number of nitrogens with one attached hydrogen (secondary N) is 1. The second kappa shape index (κ2) is 4.73. The number of primary sulfonamides is 1. The van der Waals surface area contributed by atoms with Crippen LogP contribution in [0.3, 0.4) is 0 Å². The van der Waals surface area contributed by atoms with E-state index in [9.17, 15) is 8.42 Å². The highest BCUT2D eigenvalue weighted by molar-refractivity contribution is 7.89. The first-order valence-corrected chi connectivity index (χ1v) is 6.26. The first-order chi connectivity index (χ1) is 6.88. The van der Waals surface area contributed by atoms with E-state index >= 15 is 0 Å². The maximum Gasteiger partial charge on any atom is 0.211 e. The number of hydrogen-bond donors (Lipinski definition) is 2. The lowest BCUT2D eigenvalue weighted by Gasteiger charge is -2.08. The van der Waals surface area contributed by atoms with Crippen molar-refractivity contribution in [2.45, 2.75) is 19.9 Å². The van der Waals surface area contributed by atoms with Crippen molar-refractivity contribution >= 4 is 10.0 Å². The van der Waals surface area contributed by atoms with E-state index in [1.54, 1.807) is 13.1 Å². The van der Waals surface area contributed by atoms with Gasteiger partial charge >= 0.3 is 0 Å². The quantitative estimate of drug-likeness (QED) is 0.741. The summed E-state index contributed by atoms with van der Waals surface area (Å²) < 4.78 is 26.6. The van der Waals surface area contributed by atoms with Crippen LogP contribution in [0.25, 0.3) is 0 Å². The van der Waals surface area contributed by atoms with E-state index in [4.69, 9.17) is 9.56 Å². The molecule has 0 aliphatic carbocycles. The molecule has 0 amide bonds. The van der Waals surface area contributed by atoms with Gasteiger partial charge in [0, 0.05) is 6.54 Å². The van der Waals surface area contributed by atoms with E-state index in [-0.39, 0.29) is 18.3 Å². The van der Waals surface area contributed by atoms with E-state index < -0.39 is 10.0 Å². The molecule has 6 nitrogen and oxygen atoms in total. The Bertz CT molecular complexity index is 413. The molecule has 3 N–H and O–H groups in total. The van der Waals surface area contributed by atoms with Crippen molar-refractivity contribution in [2.75, 3.05) is 12.3 Å². The van der Waals surface area contributed by atoms with Gasteiger partial charge in [0.15, 0.2) is 0 Å². The van der Waals surface area contributed by atoms with Crippen LogP contribution in [-0.4, -0.2) is 25.7 Å². The molecule has 7 heteroatoms. The molecule has 1 rings (SSSR count). The Labute approximate surface area is 88.9 Å². The Balaban J connectivity index is 2.40. The van der Waals surface area contributed by atoms with Gasteiger partial charge in [0.1, 0.15) is 5.76 Å². The number of aryl methyl sites for hydroxylation is 1. The van der Waals surface area contributed by atoms with Crippen molar-refractivity contribution in [3.8, 4) is 0 Å². The third-order valence-electron chi connectivity index (χ3n) is 1.85. The third-order valence-corrected chi connectivity index (χ3v) is 2.62. The standard InChI is InChI=1S/C8H15N3O3S/c1-6-5-11-8(14-6)7(2)10-3-4-15(9,12)13/h5,7,10H,3-4H2,1-2H3,(H2,9,12,13). The summed E-state index contributed by atoms with van der Waals surface area (Å²) in [6, 6.07) is -0.125. The fourth-order valence-corrected chi connectivity index (χ4v) is 1.48. The SMILES string of the molecule is Cc1cnc(C(C)NCCS(N)(=O)=O)o1. The second-order valence-corrected chi connectivity index (χ2v) is 5.09. The lowest BCUT2D eigenvalue weighted by Crippen LogP contribution is -2.29. The lowest BCUT2D eigenvalue weighted by atomic mass is 10.3. The number of hydrogen-bond acceptors (Lipinski definition) is 5. The van der Waals surface area contributed by atoms with Gasteiger partial charge in [0.25, 0.3) is 0 Å². The topological polar surface area (TPSA) is 98.2 Å². The minimum atomic E-state index is -3.41. The number of sulfonamides is 1. The Morgan fingerprint density at radius 3 is 2.80 bits per heavy atom. The highest BCUT2D eigenvalue weighted by Gasteiger charge is 2.11. The lowest BCUT2D eigenvalue weighted by molar-refractivity contribution is 0.408. The minimum Gasteiger partial charge on any atom is -0.444 e. The number of nitrogens with two attached hydrogens (primary N) is 1. The number of nitrogens with zero attached hydrogens (tertiary/aromatic N) is 1. The summed E-state index contributed by atoms with van der Waals surface area (Å²) in [6.45, 7) is 3.92. The van der Waals surface area contributed by atoms with E-state index in [1.165, 1.54) is 0 Å². The molecule has 0 aliphatic rings. The zero-order valence-electron chi connectivity index (χ0n) is 8.73. The molecule has 0 radical (unpaired) electrons. The van der Waals surface area contributed by atoms with Gasteiger partial charge < -0.3 is 9.73 Å². The molecule has 1 aromatic rings. The van der Waals surface area contributed by atoms with E-state index in [2.05, 4.69) is 10.3 Å². The number of rotatable bonds is 5. The van der Waals surface area contributed by atoms with Gasteiger partial charge in [0.05, 0.1) is 18.0 Å². The van der Waals surface area contributed by atoms with Crippen LogP contribution in [0.15, 0.2) is 10.6 Å². The zero-order chi connectivity index (χ0) is 11.5. The van der Waals surface area contributed by atoms with Crippen LogP contribution in [0.5, 0.6) is 0 Å². The number of oxazole rings is 1. The van der Waals surface area contributed by atoms with Crippen LogP contribution < -0.4 is 10.5 Å². The summed E-state index contributed by atoms with van der Waals surface area (Å²) in [4.78, 5) is 4.02. The summed E-state index contributed by atoms with van der Waals surface area (Å²) in [5.74, 6) is 1.17. The van der Waals surface area contributed by atoms with Crippen molar-refractivity contribution in [3.63, 3.8) is 0 Å². The van der Waals surface area contributed by atoms with Crippen molar-refractivity contribution in [1.29, 1.82) is 0 Å². The molecule has 1 atom stereocenters. The molecule has 1 unspecified atom stereocenters. The maximum atomic E-state index is 10.7. The highest BCUT2D eigenvalue weighted by atomic mass is 32.2. The van der Waals surface area contributed by atoms with Gasteiger partial charge in [-0.2, -0.15) is 0 Å². The fourth-order valence-electron chi connectivity index (χ4n) is 1.08. The molecule has 0 aromatic carbocycles. The molecule has 0 saturated heterocycles. The molecule has 0 bridgehead atoms. The van der Waals surface area contributed by atoms with Gasteiger partial charge in [-0.05, 0) is 13.8 Å². The predicted octanol–water partition coefficient (Wildman–Crippen LogP) is -0.0779. The molecule has 86 valence electrons. The largest absolute Gasteiger partial charge is 0.444 e. The second-order valence-electron chi connectivity index (χ2n) is 3.35. The monoisotopic (exact) mass is 233 g/mol. The van der Waals surface area contributed by atoms with Crippen LogP contribution >= 0.6 is 0 Å². The number of aromatic nitrogens is 1. The molecule has 15 heavy (non-hydrogen) atoms. The van der Waals surface area contributed by atoms with Crippen LogP contribution in [-0.2, 0) is 10.0 Å². The molecule has 1 heterocycles. The van der Waals surface area contributed by atoms with E-state index in [0.717, 1.165) is 5.76 Å². The Kier molecular flexibility index (Phi) is 3.83. The fraction of sp³-hybridized carbons (Fsp3) is 0.625. The van der Waals surface area contributed by atoms with Crippen LogP contribution in [0.2, 0.25) is 0 Å². The van der Waals surface area contributed by atoms with Crippen molar-refractivity contribution in [2.24, 2.45) is 5.14 Å². The van der Waals surface area contributed by atoms with Crippen LogP contribution in [0.4, 0.5) is 0 Å². The van der Waals surface area contributed by atoms with Crippen molar-refractivity contribution in [3.05, 3.63) is 17.8 Å². The summed E-state index contributed by atoms with van der Waals surface area (Å²) >= 11 is 0. The molecular weight excluding hydrogens is 218 g/mol. The predicted molar refractivity (Wildman–Crippen MR) is 55.6 cm³/mol. The van der Waals surface area contributed by atoms with Crippen LogP contribution in [0.1, 0.15) is 24.6 Å². The van der Waals surface area contributed by atoms with Gasteiger partial charge in [-0.3, -0.25) is 0 Å². The first kappa shape index (κ1) is 12.2.